The van der Waals surface area contributed by atoms with Crippen molar-refractivity contribution in [1.82, 2.24) is 4.90 Å². The van der Waals surface area contributed by atoms with Crippen molar-refractivity contribution in [3.05, 3.63) is 11.6 Å². The van der Waals surface area contributed by atoms with E-state index in [1.807, 2.05) is 26.8 Å². The number of carbonyl (C=O) groups excluding carboxylic acids is 2. The summed E-state index contributed by atoms with van der Waals surface area (Å²) in [5.41, 5.74) is 0.185. The van der Waals surface area contributed by atoms with Crippen molar-refractivity contribution < 1.29 is 19.1 Å². The highest BCUT2D eigenvalue weighted by atomic mass is 16.6. The summed E-state index contributed by atoms with van der Waals surface area (Å²) >= 11 is 0. The summed E-state index contributed by atoms with van der Waals surface area (Å²) in [7, 11) is 0. The normalized spacial score (nSPS) is 25.8. The van der Waals surface area contributed by atoms with Crippen molar-refractivity contribution in [3.8, 4) is 0 Å². The third-order valence-corrected chi connectivity index (χ3v) is 3.19. The topological polar surface area (TPSA) is 55.8 Å². The predicted molar refractivity (Wildman–Crippen MR) is 69.6 cm³/mol. The van der Waals surface area contributed by atoms with Crippen LogP contribution in [0.3, 0.4) is 0 Å². The number of hydrogen-bond donors (Lipinski definition) is 0. The zero-order valence-corrected chi connectivity index (χ0v) is 11.8. The Morgan fingerprint density at radius 2 is 2.21 bits per heavy atom. The minimum Gasteiger partial charge on any atom is -0.462 e. The van der Waals surface area contributed by atoms with Crippen molar-refractivity contribution >= 4 is 12.1 Å². The quantitative estimate of drug-likeness (QED) is 0.540. The summed E-state index contributed by atoms with van der Waals surface area (Å²) in [6, 6.07) is -0.0458. The fourth-order valence-corrected chi connectivity index (χ4v) is 2.35. The highest BCUT2D eigenvalue weighted by Crippen LogP contribution is 2.24. The molecular formula is C14H21NO4. The molecule has 0 aliphatic carbocycles. The Bertz CT molecular complexity index is 408. The van der Waals surface area contributed by atoms with Gasteiger partial charge in [-0.25, -0.2) is 9.59 Å². The number of hydrogen-bond acceptors (Lipinski definition) is 4. The van der Waals surface area contributed by atoms with Crippen molar-refractivity contribution in [3.63, 3.8) is 0 Å². The van der Waals surface area contributed by atoms with E-state index in [-0.39, 0.29) is 18.1 Å². The summed E-state index contributed by atoms with van der Waals surface area (Å²) in [6.07, 6.45) is 4.00. The second-order valence-corrected chi connectivity index (χ2v) is 5.96. The van der Waals surface area contributed by atoms with Gasteiger partial charge >= 0.3 is 12.1 Å². The molecular weight excluding hydrogens is 246 g/mol. The maximum atomic E-state index is 12.1. The van der Waals surface area contributed by atoms with Gasteiger partial charge in [-0.3, -0.25) is 0 Å². The van der Waals surface area contributed by atoms with Crippen LogP contribution in [0.2, 0.25) is 0 Å². The van der Waals surface area contributed by atoms with Gasteiger partial charge < -0.3 is 14.4 Å². The lowest BCUT2D eigenvalue weighted by atomic mass is 10.1. The molecule has 0 aromatic carbocycles. The molecule has 1 amide bonds. The molecule has 0 radical (unpaired) electrons. The largest absolute Gasteiger partial charge is 0.462 e. The molecule has 2 fully saturated rings. The first kappa shape index (κ1) is 13.9. The molecule has 106 valence electrons. The van der Waals surface area contributed by atoms with E-state index >= 15 is 0 Å². The minimum absolute atomic E-state index is 0.0458. The monoisotopic (exact) mass is 267 g/mol. The van der Waals surface area contributed by atoms with Gasteiger partial charge in [-0.1, -0.05) is 6.08 Å². The number of carbonyl (C=O) groups is 2. The molecule has 5 heteroatoms. The Morgan fingerprint density at radius 1 is 1.47 bits per heavy atom. The van der Waals surface area contributed by atoms with Crippen LogP contribution >= 0.6 is 0 Å². The molecule has 0 aromatic heterocycles. The Kier molecular flexibility index (Phi) is 3.83. The molecule has 0 saturated carbocycles. The van der Waals surface area contributed by atoms with Crippen LogP contribution in [0.5, 0.6) is 0 Å². The van der Waals surface area contributed by atoms with Crippen LogP contribution in [-0.4, -0.2) is 41.8 Å². The van der Waals surface area contributed by atoms with Crippen LogP contribution in [0.25, 0.3) is 0 Å². The van der Waals surface area contributed by atoms with Gasteiger partial charge in [0.05, 0.1) is 12.6 Å². The molecule has 0 unspecified atom stereocenters. The lowest BCUT2D eigenvalue weighted by molar-refractivity contribution is -0.135. The van der Waals surface area contributed by atoms with Crippen molar-refractivity contribution in [1.29, 1.82) is 0 Å². The smallest absolute Gasteiger partial charge is 0.410 e. The molecule has 0 spiro atoms. The first-order valence-corrected chi connectivity index (χ1v) is 6.74. The minimum atomic E-state index is -0.496. The third-order valence-electron chi connectivity index (χ3n) is 3.19. The Labute approximate surface area is 113 Å². The first-order valence-electron chi connectivity index (χ1n) is 6.74. The van der Waals surface area contributed by atoms with Gasteiger partial charge in [0.25, 0.3) is 0 Å². The van der Waals surface area contributed by atoms with E-state index in [0.29, 0.717) is 25.1 Å². The highest BCUT2D eigenvalue weighted by molar-refractivity contribution is 5.90. The standard InChI is InChI=1S/C14H21NO4/c1-14(2,3)19-13(17)15-7-4-5-11(15)9-10-6-8-18-12(10)16/h9,11H,4-8H2,1-3H3/b10-9-/t11-/m0/s1. The van der Waals surface area contributed by atoms with Crippen molar-refractivity contribution in [2.75, 3.05) is 13.2 Å². The zero-order chi connectivity index (χ0) is 14.0. The number of cyclic esters (lactones) is 1. The van der Waals surface area contributed by atoms with Crippen LogP contribution in [0.1, 0.15) is 40.0 Å². The third kappa shape index (κ3) is 3.49. The molecule has 19 heavy (non-hydrogen) atoms. The summed E-state index contributed by atoms with van der Waals surface area (Å²) in [6.45, 7) is 6.68. The molecule has 0 N–H and O–H groups in total. The molecule has 2 aliphatic heterocycles. The second-order valence-electron chi connectivity index (χ2n) is 5.96. The number of amides is 1. The zero-order valence-electron chi connectivity index (χ0n) is 11.8. The van der Waals surface area contributed by atoms with E-state index in [4.69, 9.17) is 9.47 Å². The SMILES string of the molecule is CC(C)(C)OC(=O)N1CCC[C@H]1/C=C1/CCOC1=O. The summed E-state index contributed by atoms with van der Waals surface area (Å²) < 4.78 is 10.3. The maximum absolute atomic E-state index is 12.1. The molecule has 2 heterocycles. The Balaban J connectivity index is 2.05. The van der Waals surface area contributed by atoms with Crippen LogP contribution < -0.4 is 0 Å². The Morgan fingerprint density at radius 3 is 2.79 bits per heavy atom. The van der Waals surface area contributed by atoms with E-state index in [1.165, 1.54) is 0 Å². The summed E-state index contributed by atoms with van der Waals surface area (Å²) in [5.74, 6) is -0.254. The van der Waals surface area contributed by atoms with Gasteiger partial charge in [-0.05, 0) is 33.6 Å². The van der Waals surface area contributed by atoms with Gasteiger partial charge in [0.1, 0.15) is 5.60 Å². The van der Waals surface area contributed by atoms with E-state index in [2.05, 4.69) is 0 Å². The second kappa shape index (κ2) is 5.23. The number of rotatable bonds is 1. The van der Waals surface area contributed by atoms with Crippen LogP contribution in [-0.2, 0) is 14.3 Å². The number of nitrogens with zero attached hydrogens (tertiary/aromatic N) is 1. The van der Waals surface area contributed by atoms with E-state index < -0.39 is 5.60 Å². The molecule has 1 atom stereocenters. The number of ether oxygens (including phenoxy) is 2. The van der Waals surface area contributed by atoms with Crippen LogP contribution in [0, 0.1) is 0 Å². The molecule has 2 rings (SSSR count). The Hall–Kier alpha value is -1.52. The molecule has 2 saturated heterocycles. The van der Waals surface area contributed by atoms with Crippen LogP contribution in [0.15, 0.2) is 11.6 Å². The lowest BCUT2D eigenvalue weighted by Crippen LogP contribution is -2.39. The summed E-state index contributed by atoms with van der Waals surface area (Å²) in [5, 5.41) is 0. The van der Waals surface area contributed by atoms with Crippen molar-refractivity contribution in [2.45, 2.75) is 51.7 Å². The fourth-order valence-electron chi connectivity index (χ4n) is 2.35. The molecule has 0 bridgehead atoms. The van der Waals surface area contributed by atoms with Gasteiger partial charge in [-0.2, -0.15) is 0 Å². The van der Waals surface area contributed by atoms with Gasteiger partial charge in [0.2, 0.25) is 0 Å². The highest BCUT2D eigenvalue weighted by Gasteiger charge is 2.32. The van der Waals surface area contributed by atoms with Gasteiger partial charge in [0, 0.05) is 18.5 Å². The lowest BCUT2D eigenvalue weighted by Gasteiger charge is -2.27. The van der Waals surface area contributed by atoms with Gasteiger partial charge in [0.15, 0.2) is 0 Å². The molecule has 0 aromatic rings. The van der Waals surface area contributed by atoms with E-state index in [0.717, 1.165) is 12.8 Å². The fraction of sp³-hybridized carbons (Fsp3) is 0.714. The van der Waals surface area contributed by atoms with Crippen LogP contribution in [0.4, 0.5) is 4.79 Å². The van der Waals surface area contributed by atoms with Crippen molar-refractivity contribution in [2.24, 2.45) is 0 Å². The van der Waals surface area contributed by atoms with E-state index in [9.17, 15) is 9.59 Å². The maximum Gasteiger partial charge on any atom is 0.410 e. The average molecular weight is 267 g/mol. The number of likely N-dealkylation sites (tertiary alicyclic amines) is 1. The molecule has 2 aliphatic rings. The average Bonchev–Trinajstić information content (AvgIpc) is 2.87. The predicted octanol–water partition coefficient (Wildman–Crippen LogP) is 2.26. The summed E-state index contributed by atoms with van der Waals surface area (Å²) in [4.78, 5) is 25.2. The van der Waals surface area contributed by atoms with Gasteiger partial charge in [-0.15, -0.1) is 0 Å². The number of esters is 1. The molecule has 5 nitrogen and oxygen atoms in total. The first-order chi connectivity index (χ1) is 8.87. The van der Waals surface area contributed by atoms with E-state index in [1.54, 1.807) is 4.90 Å².